The first-order valence-corrected chi connectivity index (χ1v) is 10.3. The van der Waals surface area contributed by atoms with E-state index in [4.69, 9.17) is 16.6 Å². The Morgan fingerprint density at radius 3 is 2.55 bits per heavy atom. The third-order valence-corrected chi connectivity index (χ3v) is 5.68. The summed E-state index contributed by atoms with van der Waals surface area (Å²) in [6.45, 7) is 2.10. The summed E-state index contributed by atoms with van der Waals surface area (Å²) in [6.07, 6.45) is 3.59. The van der Waals surface area contributed by atoms with Crippen LogP contribution in [-0.2, 0) is 0 Å². The monoisotopic (exact) mass is 411 g/mol. The van der Waals surface area contributed by atoms with Crippen molar-refractivity contribution < 1.29 is 9.18 Å². The summed E-state index contributed by atoms with van der Waals surface area (Å²) >= 11 is 5.85. The lowest BCUT2D eigenvalue weighted by molar-refractivity contribution is 0.0926. The van der Waals surface area contributed by atoms with Crippen LogP contribution in [0.4, 0.5) is 10.2 Å². The number of nitrogens with one attached hydrogen (secondary N) is 2. The Balaban J connectivity index is 1.34. The van der Waals surface area contributed by atoms with Gasteiger partial charge in [-0.3, -0.25) is 4.79 Å². The number of benzene rings is 2. The predicted octanol–water partition coefficient (Wildman–Crippen LogP) is 5.49. The molecule has 0 unspecified atom stereocenters. The molecule has 3 aromatic rings. The molecule has 2 N–H and O–H groups in total. The molecule has 1 aromatic heterocycles. The van der Waals surface area contributed by atoms with E-state index in [1.807, 2.05) is 18.2 Å². The maximum Gasteiger partial charge on any atom is 0.251 e. The highest BCUT2D eigenvalue weighted by Crippen LogP contribution is 2.25. The number of rotatable bonds is 4. The first-order valence-electron chi connectivity index (χ1n) is 9.88. The Morgan fingerprint density at radius 2 is 1.79 bits per heavy atom. The molecule has 1 amide bonds. The molecule has 4 rings (SSSR count). The standard InChI is InChI=1S/C23H23ClFN3O/c1-14-10-22(28-21-5-3-2-4-20(14)21)26-18-6-8-19(9-7-18)27-23(29)15-11-16(24)13-17(25)12-15/h2-5,10-13,18-19H,6-9H2,1H3,(H,26,28)(H,27,29). The van der Waals surface area contributed by atoms with E-state index in [1.54, 1.807) is 0 Å². The molecular formula is C23H23ClFN3O. The summed E-state index contributed by atoms with van der Waals surface area (Å²) in [4.78, 5) is 17.1. The molecule has 150 valence electrons. The van der Waals surface area contributed by atoms with Crippen molar-refractivity contribution in [1.82, 2.24) is 10.3 Å². The van der Waals surface area contributed by atoms with Crippen LogP contribution in [0.25, 0.3) is 10.9 Å². The fourth-order valence-electron chi connectivity index (χ4n) is 3.97. The zero-order valence-corrected chi connectivity index (χ0v) is 17.0. The number of hydrogen-bond acceptors (Lipinski definition) is 3. The number of anilines is 1. The van der Waals surface area contributed by atoms with Gasteiger partial charge in [0.05, 0.1) is 5.52 Å². The highest BCUT2D eigenvalue weighted by molar-refractivity contribution is 6.31. The van der Waals surface area contributed by atoms with Gasteiger partial charge in [-0.1, -0.05) is 29.8 Å². The number of halogens is 2. The van der Waals surface area contributed by atoms with E-state index in [9.17, 15) is 9.18 Å². The first-order chi connectivity index (χ1) is 14.0. The van der Waals surface area contributed by atoms with Gasteiger partial charge in [0, 0.05) is 28.1 Å². The van der Waals surface area contributed by atoms with E-state index < -0.39 is 5.82 Å². The molecule has 1 heterocycles. The minimum absolute atomic E-state index is 0.0777. The average molecular weight is 412 g/mol. The Kier molecular flexibility index (Phi) is 5.67. The molecule has 0 spiro atoms. The largest absolute Gasteiger partial charge is 0.367 e. The molecule has 0 saturated heterocycles. The van der Waals surface area contributed by atoms with Gasteiger partial charge in [-0.2, -0.15) is 0 Å². The van der Waals surface area contributed by atoms with Crippen LogP contribution in [0.1, 0.15) is 41.6 Å². The molecule has 1 aliphatic rings. The van der Waals surface area contributed by atoms with Gasteiger partial charge in [0.2, 0.25) is 0 Å². The van der Waals surface area contributed by atoms with Crippen LogP contribution in [0.3, 0.4) is 0 Å². The van der Waals surface area contributed by atoms with Crippen molar-refractivity contribution in [2.75, 3.05) is 5.32 Å². The predicted molar refractivity (Wildman–Crippen MR) is 115 cm³/mol. The number of para-hydroxylation sites is 1. The lowest BCUT2D eigenvalue weighted by Crippen LogP contribution is -2.40. The fourth-order valence-corrected chi connectivity index (χ4v) is 4.19. The Hall–Kier alpha value is -2.66. The molecule has 4 nitrogen and oxygen atoms in total. The number of carbonyl (C=O) groups is 1. The maximum absolute atomic E-state index is 13.5. The summed E-state index contributed by atoms with van der Waals surface area (Å²) in [7, 11) is 0. The zero-order valence-electron chi connectivity index (χ0n) is 16.2. The lowest BCUT2D eigenvalue weighted by Gasteiger charge is -2.30. The van der Waals surface area contributed by atoms with Crippen LogP contribution in [-0.4, -0.2) is 23.0 Å². The van der Waals surface area contributed by atoms with Crippen molar-refractivity contribution in [3.8, 4) is 0 Å². The van der Waals surface area contributed by atoms with Crippen LogP contribution in [0, 0.1) is 12.7 Å². The number of carbonyl (C=O) groups excluding carboxylic acids is 1. The van der Waals surface area contributed by atoms with E-state index in [0.717, 1.165) is 37.0 Å². The molecule has 0 aliphatic heterocycles. The SMILES string of the molecule is Cc1cc(NC2CCC(NC(=O)c3cc(F)cc(Cl)c3)CC2)nc2ccccc12. The van der Waals surface area contributed by atoms with Gasteiger partial charge in [0.15, 0.2) is 0 Å². The number of pyridine rings is 1. The second-order valence-corrected chi connectivity index (χ2v) is 8.10. The number of fused-ring (bicyclic) bond motifs is 1. The van der Waals surface area contributed by atoms with Crippen LogP contribution < -0.4 is 10.6 Å². The van der Waals surface area contributed by atoms with Crippen LogP contribution >= 0.6 is 11.6 Å². The Bertz CT molecular complexity index is 1030. The number of hydrogen-bond donors (Lipinski definition) is 2. The van der Waals surface area contributed by atoms with E-state index in [1.165, 1.54) is 29.1 Å². The normalized spacial score (nSPS) is 19.1. The van der Waals surface area contributed by atoms with E-state index >= 15 is 0 Å². The topological polar surface area (TPSA) is 54.0 Å². The molecule has 0 bridgehead atoms. The van der Waals surface area contributed by atoms with Crippen molar-refractivity contribution in [3.05, 3.63) is 70.5 Å². The maximum atomic E-state index is 13.5. The van der Waals surface area contributed by atoms with Crippen molar-refractivity contribution in [2.24, 2.45) is 0 Å². The minimum atomic E-state index is -0.506. The number of aryl methyl sites for hydroxylation is 1. The summed E-state index contributed by atoms with van der Waals surface area (Å²) in [5.41, 5.74) is 2.45. The van der Waals surface area contributed by atoms with Gasteiger partial charge in [0.25, 0.3) is 5.91 Å². The van der Waals surface area contributed by atoms with Gasteiger partial charge < -0.3 is 10.6 Å². The number of aromatic nitrogens is 1. The molecule has 0 radical (unpaired) electrons. The van der Waals surface area contributed by atoms with Gasteiger partial charge in [-0.15, -0.1) is 0 Å². The quantitative estimate of drug-likeness (QED) is 0.597. The molecule has 6 heteroatoms. The van der Waals surface area contributed by atoms with Crippen LogP contribution in [0.15, 0.2) is 48.5 Å². The molecule has 0 atom stereocenters. The van der Waals surface area contributed by atoms with Gasteiger partial charge in [-0.25, -0.2) is 9.37 Å². The Morgan fingerprint density at radius 1 is 1.07 bits per heavy atom. The highest BCUT2D eigenvalue weighted by atomic mass is 35.5. The zero-order chi connectivity index (χ0) is 20.4. The van der Waals surface area contributed by atoms with Crippen LogP contribution in [0.2, 0.25) is 5.02 Å². The minimum Gasteiger partial charge on any atom is -0.367 e. The van der Waals surface area contributed by atoms with Gasteiger partial charge in [-0.05, 0) is 68.5 Å². The second-order valence-electron chi connectivity index (χ2n) is 7.67. The summed E-state index contributed by atoms with van der Waals surface area (Å²) < 4.78 is 13.5. The second kappa shape index (κ2) is 8.37. The highest BCUT2D eigenvalue weighted by Gasteiger charge is 2.23. The Labute approximate surface area is 174 Å². The smallest absolute Gasteiger partial charge is 0.251 e. The molecule has 29 heavy (non-hydrogen) atoms. The lowest BCUT2D eigenvalue weighted by atomic mass is 9.91. The fraction of sp³-hybridized carbons (Fsp3) is 0.304. The van der Waals surface area contributed by atoms with E-state index in [-0.39, 0.29) is 22.5 Å². The van der Waals surface area contributed by atoms with Crippen molar-refractivity contribution in [2.45, 2.75) is 44.7 Å². The molecule has 1 aliphatic carbocycles. The third-order valence-electron chi connectivity index (χ3n) is 5.46. The average Bonchev–Trinajstić information content (AvgIpc) is 2.69. The van der Waals surface area contributed by atoms with Gasteiger partial charge >= 0.3 is 0 Å². The summed E-state index contributed by atoms with van der Waals surface area (Å²) in [5.74, 6) is 0.103. The van der Waals surface area contributed by atoms with Crippen molar-refractivity contribution >= 4 is 34.2 Å². The summed E-state index contributed by atoms with van der Waals surface area (Å²) in [5, 5.41) is 7.93. The number of amides is 1. The van der Waals surface area contributed by atoms with E-state index in [2.05, 4.69) is 29.7 Å². The van der Waals surface area contributed by atoms with Crippen molar-refractivity contribution in [1.29, 1.82) is 0 Å². The molecule has 2 aromatic carbocycles. The van der Waals surface area contributed by atoms with Crippen molar-refractivity contribution in [3.63, 3.8) is 0 Å². The van der Waals surface area contributed by atoms with Gasteiger partial charge in [0.1, 0.15) is 11.6 Å². The molecule has 1 fully saturated rings. The first kappa shape index (κ1) is 19.6. The molecular weight excluding hydrogens is 389 g/mol. The molecule has 1 saturated carbocycles. The third kappa shape index (κ3) is 4.67. The number of nitrogens with zero attached hydrogens (tertiary/aromatic N) is 1. The van der Waals surface area contributed by atoms with Crippen LogP contribution in [0.5, 0.6) is 0 Å². The van der Waals surface area contributed by atoms with E-state index in [0.29, 0.717) is 6.04 Å². The summed E-state index contributed by atoms with van der Waals surface area (Å²) in [6, 6.07) is 14.5.